The number of rotatable bonds is 7. The molecular weight excluding hydrogens is 308 g/mol. The smallest absolute Gasteiger partial charge is 0.330 e. The lowest BCUT2D eigenvalue weighted by Gasteiger charge is -2.15. The average Bonchev–Trinajstić information content (AvgIpc) is 2.55. The Balaban J connectivity index is 1.90. The van der Waals surface area contributed by atoms with Crippen LogP contribution in [0, 0.1) is 6.92 Å². The molecule has 0 aliphatic heterocycles. The Morgan fingerprint density at radius 1 is 1.21 bits per heavy atom. The van der Waals surface area contributed by atoms with E-state index in [9.17, 15) is 19.5 Å². The first kappa shape index (κ1) is 17.5. The van der Waals surface area contributed by atoms with E-state index in [2.05, 4.69) is 5.32 Å². The molecule has 2 rings (SSSR count). The maximum atomic E-state index is 12.0. The number of nitrogens with zero attached hydrogens (tertiary/aromatic N) is 1. The van der Waals surface area contributed by atoms with Crippen molar-refractivity contribution in [2.45, 2.75) is 32.4 Å². The first-order valence-electron chi connectivity index (χ1n) is 7.71. The van der Waals surface area contributed by atoms with Gasteiger partial charge in [-0.1, -0.05) is 30.3 Å². The van der Waals surface area contributed by atoms with Gasteiger partial charge >= 0.3 is 5.97 Å². The monoisotopic (exact) mass is 328 g/mol. The topological polar surface area (TPSA) is 88.4 Å². The minimum absolute atomic E-state index is 0.108. The summed E-state index contributed by atoms with van der Waals surface area (Å²) in [4.78, 5) is 35.1. The van der Waals surface area contributed by atoms with Gasteiger partial charge in [0, 0.05) is 25.2 Å². The number of aryl methyl sites for hydroxylation is 2. The maximum absolute atomic E-state index is 12.0. The molecular formula is C18H20N2O4. The number of aliphatic carboxylic acids is 1. The number of carboxylic acid groups (broad SMARTS) is 1. The molecule has 0 radical (unpaired) electrons. The number of amides is 1. The van der Waals surface area contributed by atoms with E-state index in [1.165, 1.54) is 10.6 Å². The standard InChI is InChI=1S/C18H20N2O4/c1-13-9-11-20(16(22)12-13)10-5-8-15(21)19-17(18(23)24)14-6-3-2-4-7-14/h2-4,6-7,9,11-12,17H,5,8,10H2,1H3,(H,19,21)(H,23,24). The molecule has 1 heterocycles. The summed E-state index contributed by atoms with van der Waals surface area (Å²) in [5.41, 5.74) is 1.30. The summed E-state index contributed by atoms with van der Waals surface area (Å²) >= 11 is 0. The number of carboxylic acids is 1. The molecule has 1 unspecified atom stereocenters. The molecule has 1 atom stereocenters. The van der Waals surface area contributed by atoms with Gasteiger partial charge in [-0.25, -0.2) is 4.79 Å². The number of carbonyl (C=O) groups is 2. The van der Waals surface area contributed by atoms with E-state index in [-0.39, 0.29) is 17.9 Å². The second-order valence-electron chi connectivity index (χ2n) is 5.59. The maximum Gasteiger partial charge on any atom is 0.330 e. The third-order valence-corrected chi connectivity index (χ3v) is 3.64. The summed E-state index contributed by atoms with van der Waals surface area (Å²) in [6.07, 6.45) is 2.30. The Bertz CT molecular complexity index is 768. The van der Waals surface area contributed by atoms with Crippen molar-refractivity contribution in [2.75, 3.05) is 0 Å². The molecule has 0 saturated carbocycles. The molecule has 2 N–H and O–H groups in total. The van der Waals surface area contributed by atoms with Crippen LogP contribution in [0.25, 0.3) is 0 Å². The van der Waals surface area contributed by atoms with Gasteiger partial charge in [-0.05, 0) is 30.5 Å². The summed E-state index contributed by atoms with van der Waals surface area (Å²) in [6.45, 7) is 2.25. The fraction of sp³-hybridized carbons (Fsp3) is 0.278. The highest BCUT2D eigenvalue weighted by Crippen LogP contribution is 2.13. The zero-order chi connectivity index (χ0) is 17.5. The molecule has 24 heavy (non-hydrogen) atoms. The molecule has 0 aliphatic rings. The van der Waals surface area contributed by atoms with Gasteiger partial charge in [0.2, 0.25) is 5.91 Å². The molecule has 2 aromatic rings. The number of hydrogen-bond acceptors (Lipinski definition) is 3. The largest absolute Gasteiger partial charge is 0.479 e. The first-order chi connectivity index (χ1) is 11.5. The van der Waals surface area contributed by atoms with Gasteiger partial charge in [0.1, 0.15) is 0 Å². The van der Waals surface area contributed by atoms with Gasteiger partial charge in [-0.15, -0.1) is 0 Å². The van der Waals surface area contributed by atoms with Crippen molar-refractivity contribution in [2.24, 2.45) is 0 Å². The van der Waals surface area contributed by atoms with Crippen molar-refractivity contribution in [1.29, 1.82) is 0 Å². The Labute approximate surface area is 139 Å². The van der Waals surface area contributed by atoms with Gasteiger partial charge in [0.15, 0.2) is 6.04 Å². The number of nitrogens with one attached hydrogen (secondary N) is 1. The second-order valence-corrected chi connectivity index (χ2v) is 5.59. The molecule has 1 amide bonds. The molecule has 0 bridgehead atoms. The van der Waals surface area contributed by atoms with E-state index in [1.54, 1.807) is 36.5 Å². The molecule has 0 fully saturated rings. The predicted molar refractivity (Wildman–Crippen MR) is 89.6 cm³/mol. The van der Waals surface area contributed by atoms with Gasteiger partial charge in [-0.2, -0.15) is 0 Å². The van der Waals surface area contributed by atoms with Crippen molar-refractivity contribution in [3.05, 3.63) is 70.1 Å². The summed E-state index contributed by atoms with van der Waals surface area (Å²) in [5, 5.41) is 11.8. The third-order valence-electron chi connectivity index (χ3n) is 3.64. The van der Waals surface area contributed by atoms with E-state index in [0.717, 1.165) is 5.56 Å². The number of pyridine rings is 1. The van der Waals surface area contributed by atoms with E-state index in [1.807, 2.05) is 13.0 Å². The van der Waals surface area contributed by atoms with Crippen molar-refractivity contribution < 1.29 is 14.7 Å². The third kappa shape index (κ3) is 4.81. The van der Waals surface area contributed by atoms with Crippen LogP contribution in [0.2, 0.25) is 0 Å². The predicted octanol–water partition coefficient (Wildman–Crippen LogP) is 1.88. The summed E-state index contributed by atoms with van der Waals surface area (Å²) in [7, 11) is 0. The van der Waals surface area contributed by atoms with E-state index < -0.39 is 12.0 Å². The van der Waals surface area contributed by atoms with Gasteiger partial charge in [-0.3, -0.25) is 9.59 Å². The van der Waals surface area contributed by atoms with Crippen LogP contribution in [0.15, 0.2) is 53.5 Å². The lowest BCUT2D eigenvalue weighted by molar-refractivity contribution is -0.142. The van der Waals surface area contributed by atoms with E-state index in [4.69, 9.17) is 0 Å². The summed E-state index contributed by atoms with van der Waals surface area (Å²) in [5.74, 6) is -1.46. The molecule has 0 spiro atoms. The number of hydrogen-bond donors (Lipinski definition) is 2. The zero-order valence-electron chi connectivity index (χ0n) is 13.4. The summed E-state index contributed by atoms with van der Waals surface area (Å²) < 4.78 is 1.53. The fourth-order valence-electron chi connectivity index (χ4n) is 2.37. The van der Waals surface area contributed by atoms with Crippen LogP contribution in [0.3, 0.4) is 0 Å². The van der Waals surface area contributed by atoms with Crippen LogP contribution in [-0.2, 0) is 16.1 Å². The Hall–Kier alpha value is -2.89. The molecule has 1 aromatic carbocycles. The van der Waals surface area contributed by atoms with Crippen molar-refractivity contribution in [3.63, 3.8) is 0 Å². The van der Waals surface area contributed by atoms with Crippen LogP contribution in [0.1, 0.15) is 30.0 Å². The van der Waals surface area contributed by atoms with Crippen LogP contribution >= 0.6 is 0 Å². The number of aromatic nitrogens is 1. The highest BCUT2D eigenvalue weighted by Gasteiger charge is 2.21. The first-order valence-corrected chi connectivity index (χ1v) is 7.71. The average molecular weight is 328 g/mol. The highest BCUT2D eigenvalue weighted by atomic mass is 16.4. The van der Waals surface area contributed by atoms with Gasteiger partial charge < -0.3 is 15.0 Å². The van der Waals surface area contributed by atoms with Crippen molar-refractivity contribution in [1.82, 2.24) is 9.88 Å². The van der Waals surface area contributed by atoms with Gasteiger partial charge in [0.05, 0.1) is 0 Å². The molecule has 0 aliphatic carbocycles. The van der Waals surface area contributed by atoms with Crippen LogP contribution in [0.5, 0.6) is 0 Å². The van der Waals surface area contributed by atoms with Crippen molar-refractivity contribution in [3.8, 4) is 0 Å². The van der Waals surface area contributed by atoms with Crippen molar-refractivity contribution >= 4 is 11.9 Å². The summed E-state index contributed by atoms with van der Waals surface area (Å²) in [6, 6.07) is 10.8. The van der Waals surface area contributed by atoms with E-state index in [0.29, 0.717) is 18.5 Å². The Kier molecular flexibility index (Phi) is 5.89. The Morgan fingerprint density at radius 2 is 1.92 bits per heavy atom. The number of carbonyl (C=O) groups excluding carboxylic acids is 1. The van der Waals surface area contributed by atoms with E-state index >= 15 is 0 Å². The molecule has 6 heteroatoms. The lowest BCUT2D eigenvalue weighted by atomic mass is 10.1. The minimum atomic E-state index is -1.11. The minimum Gasteiger partial charge on any atom is -0.479 e. The molecule has 1 aromatic heterocycles. The molecule has 0 saturated heterocycles. The number of benzene rings is 1. The normalized spacial score (nSPS) is 11.7. The Morgan fingerprint density at radius 3 is 2.54 bits per heavy atom. The zero-order valence-corrected chi connectivity index (χ0v) is 13.4. The van der Waals surface area contributed by atoms with Crippen LogP contribution in [0.4, 0.5) is 0 Å². The highest BCUT2D eigenvalue weighted by molar-refractivity contribution is 5.84. The van der Waals surface area contributed by atoms with Crippen LogP contribution < -0.4 is 10.9 Å². The fourth-order valence-corrected chi connectivity index (χ4v) is 2.37. The van der Waals surface area contributed by atoms with Crippen LogP contribution in [-0.4, -0.2) is 21.6 Å². The molecule has 126 valence electrons. The van der Waals surface area contributed by atoms with Gasteiger partial charge in [0.25, 0.3) is 5.56 Å². The lowest BCUT2D eigenvalue weighted by Crippen LogP contribution is -2.33. The quantitative estimate of drug-likeness (QED) is 0.812. The molecule has 6 nitrogen and oxygen atoms in total. The SMILES string of the molecule is Cc1ccn(CCCC(=O)NC(C(=O)O)c2ccccc2)c(=O)c1. The second kappa shape index (κ2) is 8.10.